The van der Waals surface area contributed by atoms with Crippen LogP contribution in [0.25, 0.3) is 0 Å². The van der Waals surface area contributed by atoms with Crippen molar-refractivity contribution in [1.29, 1.82) is 0 Å². The molecule has 5 heteroatoms. The van der Waals surface area contributed by atoms with Gasteiger partial charge in [0, 0.05) is 25.8 Å². The van der Waals surface area contributed by atoms with E-state index in [1.807, 2.05) is 7.05 Å². The van der Waals surface area contributed by atoms with Gasteiger partial charge in [-0.25, -0.2) is 9.97 Å². The average Bonchev–Trinajstić information content (AvgIpc) is 2.36. The third-order valence-corrected chi connectivity index (χ3v) is 2.56. The molecule has 0 saturated carbocycles. The van der Waals surface area contributed by atoms with Gasteiger partial charge in [0.15, 0.2) is 0 Å². The standard InChI is InChI=1S/C12H22N4O/c1-3-6-10-11(13-2)15-9-16-12(10)14-7-4-5-8-17/h9,17H,3-8H2,1-2H3,(H2,13,14,15,16). The number of aromatic nitrogens is 2. The van der Waals surface area contributed by atoms with E-state index in [1.54, 1.807) is 6.33 Å². The van der Waals surface area contributed by atoms with Gasteiger partial charge in [0.05, 0.1) is 0 Å². The molecule has 0 radical (unpaired) electrons. The quantitative estimate of drug-likeness (QED) is 0.601. The second-order valence-electron chi connectivity index (χ2n) is 3.91. The number of hydrogen-bond acceptors (Lipinski definition) is 5. The zero-order chi connectivity index (χ0) is 12.5. The summed E-state index contributed by atoms with van der Waals surface area (Å²) in [4.78, 5) is 8.50. The summed E-state index contributed by atoms with van der Waals surface area (Å²) in [5.74, 6) is 1.80. The molecule has 0 atom stereocenters. The lowest BCUT2D eigenvalue weighted by Crippen LogP contribution is -2.10. The summed E-state index contributed by atoms with van der Waals surface area (Å²) in [6, 6.07) is 0. The van der Waals surface area contributed by atoms with Crippen LogP contribution in [-0.4, -0.2) is 35.3 Å². The lowest BCUT2D eigenvalue weighted by atomic mass is 10.1. The molecule has 17 heavy (non-hydrogen) atoms. The van der Waals surface area contributed by atoms with Gasteiger partial charge in [-0.2, -0.15) is 0 Å². The van der Waals surface area contributed by atoms with Gasteiger partial charge >= 0.3 is 0 Å². The molecular formula is C12H22N4O. The third kappa shape index (κ3) is 4.19. The van der Waals surface area contributed by atoms with Crippen molar-refractivity contribution in [3.05, 3.63) is 11.9 Å². The second kappa shape index (κ2) is 7.84. The highest BCUT2D eigenvalue weighted by molar-refractivity contribution is 5.57. The van der Waals surface area contributed by atoms with Crippen molar-refractivity contribution in [2.24, 2.45) is 0 Å². The second-order valence-corrected chi connectivity index (χ2v) is 3.91. The molecule has 3 N–H and O–H groups in total. The van der Waals surface area contributed by atoms with E-state index >= 15 is 0 Å². The molecule has 0 amide bonds. The van der Waals surface area contributed by atoms with Gasteiger partial charge in [-0.15, -0.1) is 0 Å². The first kappa shape index (κ1) is 13.7. The molecule has 1 aromatic rings. The monoisotopic (exact) mass is 238 g/mol. The number of rotatable bonds is 8. The number of aliphatic hydroxyl groups is 1. The van der Waals surface area contributed by atoms with E-state index in [9.17, 15) is 0 Å². The molecule has 1 rings (SSSR count). The average molecular weight is 238 g/mol. The Morgan fingerprint density at radius 1 is 1.24 bits per heavy atom. The zero-order valence-corrected chi connectivity index (χ0v) is 10.7. The van der Waals surface area contributed by atoms with E-state index in [-0.39, 0.29) is 6.61 Å². The SMILES string of the molecule is CCCc1c(NC)ncnc1NCCCCO. The molecule has 1 aromatic heterocycles. The summed E-state index contributed by atoms with van der Waals surface area (Å²) in [7, 11) is 1.87. The van der Waals surface area contributed by atoms with Crippen LogP contribution in [0.3, 0.4) is 0 Å². The molecule has 0 aliphatic carbocycles. The predicted molar refractivity (Wildman–Crippen MR) is 70.4 cm³/mol. The van der Waals surface area contributed by atoms with E-state index in [0.29, 0.717) is 0 Å². The Morgan fingerprint density at radius 2 is 2.00 bits per heavy atom. The Morgan fingerprint density at radius 3 is 2.65 bits per heavy atom. The summed E-state index contributed by atoms with van der Waals surface area (Å²) in [5.41, 5.74) is 1.14. The first-order valence-corrected chi connectivity index (χ1v) is 6.19. The van der Waals surface area contributed by atoms with Crippen LogP contribution in [0.2, 0.25) is 0 Å². The van der Waals surface area contributed by atoms with Crippen LogP contribution in [0.15, 0.2) is 6.33 Å². The number of nitrogens with one attached hydrogen (secondary N) is 2. The van der Waals surface area contributed by atoms with Crippen LogP contribution >= 0.6 is 0 Å². The van der Waals surface area contributed by atoms with Crippen LogP contribution in [0.4, 0.5) is 11.6 Å². The van der Waals surface area contributed by atoms with Gasteiger partial charge < -0.3 is 15.7 Å². The van der Waals surface area contributed by atoms with E-state index in [0.717, 1.165) is 49.4 Å². The maximum atomic E-state index is 8.72. The number of nitrogens with zero attached hydrogens (tertiary/aromatic N) is 2. The fourth-order valence-corrected chi connectivity index (χ4v) is 1.71. The zero-order valence-electron chi connectivity index (χ0n) is 10.7. The first-order chi connectivity index (χ1) is 8.33. The maximum absolute atomic E-state index is 8.72. The van der Waals surface area contributed by atoms with Crippen LogP contribution in [0.1, 0.15) is 31.7 Å². The van der Waals surface area contributed by atoms with Gasteiger partial charge in [0.2, 0.25) is 0 Å². The van der Waals surface area contributed by atoms with Crippen molar-refractivity contribution in [3.63, 3.8) is 0 Å². The van der Waals surface area contributed by atoms with Crippen molar-refractivity contribution in [2.75, 3.05) is 30.8 Å². The third-order valence-electron chi connectivity index (χ3n) is 2.56. The molecule has 0 spiro atoms. The summed E-state index contributed by atoms with van der Waals surface area (Å²) in [6.45, 7) is 3.22. The van der Waals surface area contributed by atoms with Gasteiger partial charge in [0.1, 0.15) is 18.0 Å². The van der Waals surface area contributed by atoms with E-state index in [2.05, 4.69) is 27.5 Å². The van der Waals surface area contributed by atoms with Crippen molar-refractivity contribution >= 4 is 11.6 Å². The summed E-state index contributed by atoms with van der Waals surface area (Å²) in [6.07, 6.45) is 5.35. The minimum atomic E-state index is 0.245. The minimum Gasteiger partial charge on any atom is -0.396 e. The first-order valence-electron chi connectivity index (χ1n) is 6.19. The molecule has 0 saturated heterocycles. The normalized spacial score (nSPS) is 10.3. The molecule has 0 bridgehead atoms. The smallest absolute Gasteiger partial charge is 0.134 e. The molecule has 0 fully saturated rings. The molecule has 5 nitrogen and oxygen atoms in total. The maximum Gasteiger partial charge on any atom is 0.134 e. The Kier molecular flexibility index (Phi) is 6.32. The fraction of sp³-hybridized carbons (Fsp3) is 0.667. The summed E-state index contributed by atoms with van der Waals surface area (Å²) >= 11 is 0. The Bertz CT molecular complexity index is 330. The van der Waals surface area contributed by atoms with Crippen molar-refractivity contribution in [2.45, 2.75) is 32.6 Å². The Labute approximate surface area is 103 Å². The molecule has 0 aromatic carbocycles. The molecule has 1 heterocycles. The highest BCUT2D eigenvalue weighted by Gasteiger charge is 2.08. The lowest BCUT2D eigenvalue weighted by Gasteiger charge is -2.13. The van der Waals surface area contributed by atoms with Crippen molar-refractivity contribution in [1.82, 2.24) is 9.97 Å². The van der Waals surface area contributed by atoms with E-state index in [4.69, 9.17) is 5.11 Å². The molecule has 0 aliphatic rings. The summed E-state index contributed by atoms with van der Waals surface area (Å²) < 4.78 is 0. The molecular weight excluding hydrogens is 216 g/mol. The predicted octanol–water partition coefficient (Wildman–Crippen LogP) is 1.66. The van der Waals surface area contributed by atoms with Gasteiger partial charge in [-0.05, 0) is 19.3 Å². The van der Waals surface area contributed by atoms with Crippen LogP contribution in [0.5, 0.6) is 0 Å². The molecule has 0 aliphatic heterocycles. The van der Waals surface area contributed by atoms with Gasteiger partial charge in [0.25, 0.3) is 0 Å². The van der Waals surface area contributed by atoms with E-state index in [1.165, 1.54) is 0 Å². The van der Waals surface area contributed by atoms with Crippen molar-refractivity contribution < 1.29 is 5.11 Å². The fourth-order valence-electron chi connectivity index (χ4n) is 1.71. The minimum absolute atomic E-state index is 0.245. The van der Waals surface area contributed by atoms with Crippen LogP contribution < -0.4 is 10.6 Å². The number of anilines is 2. The van der Waals surface area contributed by atoms with Crippen molar-refractivity contribution in [3.8, 4) is 0 Å². The Balaban J connectivity index is 2.68. The largest absolute Gasteiger partial charge is 0.396 e. The van der Waals surface area contributed by atoms with Gasteiger partial charge in [-0.1, -0.05) is 13.3 Å². The molecule has 96 valence electrons. The highest BCUT2D eigenvalue weighted by atomic mass is 16.2. The number of aliphatic hydroxyl groups excluding tert-OH is 1. The van der Waals surface area contributed by atoms with Crippen LogP contribution in [0, 0.1) is 0 Å². The summed E-state index contributed by atoms with van der Waals surface area (Å²) in [5, 5.41) is 15.1. The lowest BCUT2D eigenvalue weighted by molar-refractivity contribution is 0.286. The number of hydrogen-bond donors (Lipinski definition) is 3. The topological polar surface area (TPSA) is 70.1 Å². The molecule has 0 unspecified atom stereocenters. The Hall–Kier alpha value is -1.36. The highest BCUT2D eigenvalue weighted by Crippen LogP contribution is 2.21. The number of unbranched alkanes of at least 4 members (excludes halogenated alkanes) is 1. The van der Waals surface area contributed by atoms with Crippen LogP contribution in [-0.2, 0) is 6.42 Å². The van der Waals surface area contributed by atoms with Gasteiger partial charge in [-0.3, -0.25) is 0 Å². The van der Waals surface area contributed by atoms with E-state index < -0.39 is 0 Å².